The lowest BCUT2D eigenvalue weighted by Gasteiger charge is -2.33. The van der Waals surface area contributed by atoms with Crippen LogP contribution in [0.4, 0.5) is 11.6 Å². The van der Waals surface area contributed by atoms with E-state index in [0.717, 1.165) is 22.0 Å². The number of nitrogens with zero attached hydrogens (tertiary/aromatic N) is 2. The average molecular weight is 313 g/mol. The lowest BCUT2D eigenvalue weighted by Crippen LogP contribution is -2.33. The van der Waals surface area contributed by atoms with Gasteiger partial charge in [0.1, 0.15) is 22.4 Å². The molecule has 1 aromatic heterocycles. The highest BCUT2D eigenvalue weighted by Gasteiger charge is 2.26. The molecule has 0 aromatic carbocycles. The summed E-state index contributed by atoms with van der Waals surface area (Å²) in [5.74, 6) is 3.25. The van der Waals surface area contributed by atoms with Gasteiger partial charge in [0.2, 0.25) is 0 Å². The van der Waals surface area contributed by atoms with Crippen molar-refractivity contribution in [3.05, 3.63) is 10.8 Å². The zero-order valence-electron chi connectivity index (χ0n) is 11.2. The molecule has 2 rings (SSSR count). The van der Waals surface area contributed by atoms with Crippen molar-refractivity contribution in [2.75, 3.05) is 17.7 Å². The molecule has 3 unspecified atom stereocenters. The van der Waals surface area contributed by atoms with E-state index in [-0.39, 0.29) is 0 Å². The van der Waals surface area contributed by atoms with Crippen molar-refractivity contribution < 1.29 is 0 Å². The van der Waals surface area contributed by atoms with Gasteiger partial charge in [-0.1, -0.05) is 13.8 Å². The smallest absolute Gasteiger partial charge is 0.146 e. The molecule has 4 nitrogen and oxygen atoms in total. The number of hydrogen-bond acceptors (Lipinski definition) is 4. The maximum atomic E-state index is 4.33. The summed E-state index contributed by atoms with van der Waals surface area (Å²) >= 11 is 3.55. The van der Waals surface area contributed by atoms with Crippen molar-refractivity contribution in [2.24, 2.45) is 11.8 Å². The lowest BCUT2D eigenvalue weighted by molar-refractivity contribution is 0.276. The van der Waals surface area contributed by atoms with Gasteiger partial charge in [-0.3, -0.25) is 0 Å². The predicted octanol–water partition coefficient (Wildman–Crippen LogP) is 3.52. The van der Waals surface area contributed by atoms with Gasteiger partial charge in [0, 0.05) is 13.1 Å². The van der Waals surface area contributed by atoms with Crippen LogP contribution in [0, 0.1) is 11.8 Å². The Morgan fingerprint density at radius 3 is 2.61 bits per heavy atom. The second kappa shape index (κ2) is 5.87. The van der Waals surface area contributed by atoms with Crippen molar-refractivity contribution in [3.8, 4) is 0 Å². The van der Waals surface area contributed by atoms with E-state index in [9.17, 15) is 0 Å². The molecule has 1 aliphatic carbocycles. The Morgan fingerprint density at radius 1 is 1.22 bits per heavy atom. The Kier molecular flexibility index (Phi) is 4.43. The first-order valence-electron chi connectivity index (χ1n) is 6.56. The molecule has 1 aromatic rings. The largest absolute Gasteiger partial charge is 0.372 e. The Labute approximate surface area is 117 Å². The zero-order valence-corrected chi connectivity index (χ0v) is 12.8. The third-order valence-corrected chi connectivity index (χ3v) is 4.53. The van der Waals surface area contributed by atoms with E-state index < -0.39 is 0 Å². The number of anilines is 2. The van der Waals surface area contributed by atoms with Crippen LogP contribution in [0.3, 0.4) is 0 Å². The Hall–Kier alpha value is -0.840. The molecule has 1 heterocycles. The van der Waals surface area contributed by atoms with E-state index in [1.807, 2.05) is 7.05 Å². The van der Waals surface area contributed by atoms with Crippen molar-refractivity contribution in [2.45, 2.75) is 39.2 Å². The van der Waals surface area contributed by atoms with Crippen molar-refractivity contribution in [1.29, 1.82) is 0 Å². The van der Waals surface area contributed by atoms with E-state index in [0.29, 0.717) is 12.0 Å². The molecule has 100 valence electrons. The highest BCUT2D eigenvalue weighted by Crippen LogP contribution is 2.33. The average Bonchev–Trinajstić information content (AvgIpc) is 2.35. The maximum absolute atomic E-state index is 4.33. The van der Waals surface area contributed by atoms with Gasteiger partial charge >= 0.3 is 0 Å². The molecule has 1 saturated carbocycles. The molecule has 2 N–H and O–H groups in total. The first-order chi connectivity index (χ1) is 8.61. The van der Waals surface area contributed by atoms with E-state index in [1.165, 1.54) is 19.3 Å². The fraction of sp³-hybridized carbons (Fsp3) is 0.692. The molecule has 1 aliphatic rings. The number of hydrogen-bond donors (Lipinski definition) is 2. The Balaban J connectivity index is 2.09. The van der Waals surface area contributed by atoms with Gasteiger partial charge in [-0.05, 0) is 47.0 Å². The van der Waals surface area contributed by atoms with E-state index >= 15 is 0 Å². The fourth-order valence-electron chi connectivity index (χ4n) is 2.70. The number of aromatic nitrogens is 2. The van der Waals surface area contributed by atoms with Gasteiger partial charge in [0.15, 0.2) is 0 Å². The third kappa shape index (κ3) is 2.94. The maximum Gasteiger partial charge on any atom is 0.146 e. The summed E-state index contributed by atoms with van der Waals surface area (Å²) in [6.07, 6.45) is 5.39. The normalized spacial score (nSPS) is 27.9. The monoisotopic (exact) mass is 312 g/mol. The summed E-state index contributed by atoms with van der Waals surface area (Å²) in [4.78, 5) is 8.50. The van der Waals surface area contributed by atoms with Crippen LogP contribution in [0.1, 0.15) is 33.1 Å². The van der Waals surface area contributed by atoms with Crippen LogP contribution in [0.15, 0.2) is 10.8 Å². The first-order valence-corrected chi connectivity index (χ1v) is 7.36. The lowest BCUT2D eigenvalue weighted by atomic mass is 9.80. The summed E-state index contributed by atoms with van der Waals surface area (Å²) in [5.41, 5.74) is 0. The molecule has 0 spiro atoms. The number of nitrogens with one attached hydrogen (secondary N) is 2. The van der Waals surface area contributed by atoms with E-state index in [1.54, 1.807) is 6.33 Å². The van der Waals surface area contributed by atoms with Crippen molar-refractivity contribution >= 4 is 27.6 Å². The minimum atomic E-state index is 0.511. The Bertz CT molecular complexity index is 410. The van der Waals surface area contributed by atoms with Crippen molar-refractivity contribution in [3.63, 3.8) is 0 Å². The fourth-order valence-corrected chi connectivity index (χ4v) is 3.22. The quantitative estimate of drug-likeness (QED) is 0.896. The second-order valence-corrected chi connectivity index (χ2v) is 6.07. The molecule has 3 atom stereocenters. The van der Waals surface area contributed by atoms with Gasteiger partial charge in [-0.25, -0.2) is 9.97 Å². The topological polar surface area (TPSA) is 49.8 Å². The molecular weight excluding hydrogens is 292 g/mol. The van der Waals surface area contributed by atoms with Gasteiger partial charge in [-0.15, -0.1) is 0 Å². The van der Waals surface area contributed by atoms with Crippen LogP contribution < -0.4 is 10.6 Å². The molecule has 0 saturated heterocycles. The highest BCUT2D eigenvalue weighted by molar-refractivity contribution is 9.10. The van der Waals surface area contributed by atoms with Crippen LogP contribution in [0.5, 0.6) is 0 Å². The van der Waals surface area contributed by atoms with Crippen LogP contribution in [0.25, 0.3) is 0 Å². The second-order valence-electron chi connectivity index (χ2n) is 5.28. The van der Waals surface area contributed by atoms with Gasteiger partial charge in [0.25, 0.3) is 0 Å². The molecular formula is C13H21BrN4. The van der Waals surface area contributed by atoms with Crippen LogP contribution in [-0.4, -0.2) is 23.1 Å². The summed E-state index contributed by atoms with van der Waals surface area (Å²) in [5, 5.41) is 6.61. The van der Waals surface area contributed by atoms with Gasteiger partial charge < -0.3 is 10.6 Å². The van der Waals surface area contributed by atoms with Crippen LogP contribution in [-0.2, 0) is 0 Å². The van der Waals surface area contributed by atoms with Crippen LogP contribution >= 0.6 is 15.9 Å². The highest BCUT2D eigenvalue weighted by atomic mass is 79.9. The summed E-state index contributed by atoms with van der Waals surface area (Å²) < 4.78 is 0.915. The van der Waals surface area contributed by atoms with Crippen LogP contribution in [0.2, 0.25) is 0 Å². The summed E-state index contributed by atoms with van der Waals surface area (Å²) in [7, 11) is 1.86. The Morgan fingerprint density at radius 2 is 1.94 bits per heavy atom. The minimum Gasteiger partial charge on any atom is -0.372 e. The third-order valence-electron chi connectivity index (χ3n) is 3.78. The molecule has 1 fully saturated rings. The summed E-state index contributed by atoms with van der Waals surface area (Å²) in [6, 6.07) is 0.511. The first kappa shape index (κ1) is 13.6. The molecule has 0 radical (unpaired) electrons. The molecule has 5 heteroatoms. The molecule has 0 aliphatic heterocycles. The summed E-state index contributed by atoms with van der Waals surface area (Å²) in [6.45, 7) is 4.66. The van der Waals surface area contributed by atoms with E-state index in [2.05, 4.69) is 50.4 Å². The minimum absolute atomic E-state index is 0.511. The molecule has 0 bridgehead atoms. The standard InChI is InChI=1S/C13H21BrN4/c1-8-4-5-10(9(2)6-8)18-13-11(14)12(15-3)16-7-17-13/h7-10H,4-6H2,1-3H3,(H2,15,16,17,18). The zero-order chi connectivity index (χ0) is 13.1. The van der Waals surface area contributed by atoms with Crippen molar-refractivity contribution in [1.82, 2.24) is 9.97 Å². The molecule has 0 amide bonds. The SMILES string of the molecule is CNc1ncnc(NC2CCC(C)CC2C)c1Br. The predicted molar refractivity (Wildman–Crippen MR) is 78.9 cm³/mol. The van der Waals surface area contributed by atoms with E-state index in [4.69, 9.17) is 0 Å². The number of rotatable bonds is 3. The number of halogens is 1. The molecule has 18 heavy (non-hydrogen) atoms. The van der Waals surface area contributed by atoms with Gasteiger partial charge in [0.05, 0.1) is 0 Å². The van der Waals surface area contributed by atoms with Gasteiger partial charge in [-0.2, -0.15) is 0 Å².